The SMILES string of the molecule is CCCN(C(=O)CCC1CCNC1)C1CC(OCC)C12CCCC2. The molecular formula is C20H36N2O2. The van der Waals surface area contributed by atoms with E-state index in [1.165, 1.54) is 32.1 Å². The van der Waals surface area contributed by atoms with Crippen molar-refractivity contribution in [1.29, 1.82) is 0 Å². The van der Waals surface area contributed by atoms with Crippen molar-refractivity contribution in [2.45, 2.75) is 83.8 Å². The summed E-state index contributed by atoms with van der Waals surface area (Å²) in [5.74, 6) is 1.10. The zero-order valence-corrected chi connectivity index (χ0v) is 15.7. The van der Waals surface area contributed by atoms with Gasteiger partial charge in [-0.2, -0.15) is 0 Å². The highest BCUT2D eigenvalue weighted by Gasteiger charge is 2.59. The van der Waals surface area contributed by atoms with Gasteiger partial charge in [0, 0.05) is 31.0 Å². The van der Waals surface area contributed by atoms with Gasteiger partial charge in [0.1, 0.15) is 0 Å². The summed E-state index contributed by atoms with van der Waals surface area (Å²) in [4.78, 5) is 15.2. The van der Waals surface area contributed by atoms with Crippen molar-refractivity contribution < 1.29 is 9.53 Å². The minimum Gasteiger partial charge on any atom is -0.378 e. The van der Waals surface area contributed by atoms with E-state index in [0.29, 0.717) is 24.0 Å². The van der Waals surface area contributed by atoms with E-state index < -0.39 is 0 Å². The highest BCUT2D eigenvalue weighted by molar-refractivity contribution is 5.77. The standard InChI is InChI=1S/C20H36N2O2/c1-3-13-22(19(23)8-7-16-9-12-21-15-16)17-14-18(24-4-2)20(17)10-5-6-11-20/h16-18,21H,3-15H2,1-2H3. The average Bonchev–Trinajstić information content (AvgIpc) is 3.27. The van der Waals surface area contributed by atoms with Gasteiger partial charge in [0.25, 0.3) is 0 Å². The lowest BCUT2D eigenvalue weighted by Crippen LogP contribution is -2.65. The van der Waals surface area contributed by atoms with Crippen LogP contribution in [0, 0.1) is 11.3 Å². The third kappa shape index (κ3) is 3.50. The lowest BCUT2D eigenvalue weighted by molar-refractivity contribution is -0.176. The maximum atomic E-state index is 13.0. The van der Waals surface area contributed by atoms with E-state index in [2.05, 4.69) is 24.1 Å². The Morgan fingerprint density at radius 2 is 2.08 bits per heavy atom. The summed E-state index contributed by atoms with van der Waals surface area (Å²) in [7, 11) is 0. The van der Waals surface area contributed by atoms with E-state index in [9.17, 15) is 4.79 Å². The van der Waals surface area contributed by atoms with Gasteiger partial charge in [0.05, 0.1) is 6.10 Å². The van der Waals surface area contributed by atoms with Gasteiger partial charge < -0.3 is 15.0 Å². The van der Waals surface area contributed by atoms with Crippen LogP contribution in [0.2, 0.25) is 0 Å². The monoisotopic (exact) mass is 336 g/mol. The Morgan fingerprint density at radius 1 is 1.29 bits per heavy atom. The van der Waals surface area contributed by atoms with Crippen LogP contribution in [0.15, 0.2) is 0 Å². The lowest BCUT2D eigenvalue weighted by atomic mass is 9.59. The number of hydrogen-bond donors (Lipinski definition) is 1. The topological polar surface area (TPSA) is 41.6 Å². The van der Waals surface area contributed by atoms with Gasteiger partial charge in [-0.05, 0) is 64.5 Å². The molecule has 1 spiro atoms. The summed E-state index contributed by atoms with van der Waals surface area (Å²) < 4.78 is 6.05. The Hall–Kier alpha value is -0.610. The van der Waals surface area contributed by atoms with Crippen LogP contribution in [0.4, 0.5) is 0 Å². The first kappa shape index (κ1) is 18.2. The summed E-state index contributed by atoms with van der Waals surface area (Å²) in [5, 5.41) is 3.41. The lowest BCUT2D eigenvalue weighted by Gasteiger charge is -2.57. The Morgan fingerprint density at radius 3 is 2.71 bits per heavy atom. The molecular weight excluding hydrogens is 300 g/mol. The van der Waals surface area contributed by atoms with E-state index in [4.69, 9.17) is 4.74 Å². The van der Waals surface area contributed by atoms with E-state index in [1.54, 1.807) is 0 Å². The van der Waals surface area contributed by atoms with Crippen LogP contribution >= 0.6 is 0 Å². The molecule has 0 radical (unpaired) electrons. The maximum Gasteiger partial charge on any atom is 0.222 e. The fourth-order valence-electron chi connectivity index (χ4n) is 5.41. The molecule has 1 saturated heterocycles. The Labute approximate surface area is 147 Å². The number of carbonyl (C=O) groups is 1. The molecule has 0 aromatic heterocycles. The van der Waals surface area contributed by atoms with Gasteiger partial charge >= 0.3 is 0 Å². The normalized spacial score (nSPS) is 31.3. The fourth-order valence-corrected chi connectivity index (χ4v) is 5.41. The second-order valence-corrected chi connectivity index (χ2v) is 8.12. The van der Waals surface area contributed by atoms with Crippen LogP contribution < -0.4 is 5.32 Å². The molecule has 3 fully saturated rings. The molecule has 1 amide bonds. The number of rotatable bonds is 8. The van der Waals surface area contributed by atoms with E-state index in [0.717, 1.165) is 51.9 Å². The van der Waals surface area contributed by atoms with Crippen LogP contribution in [-0.4, -0.2) is 49.2 Å². The summed E-state index contributed by atoms with van der Waals surface area (Å²) in [6.07, 6.45) is 10.7. The molecule has 2 saturated carbocycles. The molecule has 3 rings (SSSR count). The van der Waals surface area contributed by atoms with Crippen LogP contribution in [0.25, 0.3) is 0 Å². The van der Waals surface area contributed by atoms with Crippen LogP contribution in [0.3, 0.4) is 0 Å². The van der Waals surface area contributed by atoms with Crippen molar-refractivity contribution in [2.24, 2.45) is 11.3 Å². The van der Waals surface area contributed by atoms with Gasteiger partial charge in [0.15, 0.2) is 0 Å². The third-order valence-corrected chi connectivity index (χ3v) is 6.73. The van der Waals surface area contributed by atoms with Crippen LogP contribution in [-0.2, 0) is 9.53 Å². The summed E-state index contributed by atoms with van der Waals surface area (Å²) in [6.45, 7) is 8.24. The van der Waals surface area contributed by atoms with Crippen molar-refractivity contribution in [1.82, 2.24) is 10.2 Å². The quantitative estimate of drug-likeness (QED) is 0.739. The first-order valence-corrected chi connectivity index (χ1v) is 10.3. The van der Waals surface area contributed by atoms with Crippen molar-refractivity contribution in [3.05, 3.63) is 0 Å². The molecule has 1 heterocycles. The maximum absolute atomic E-state index is 13.0. The Balaban J connectivity index is 1.62. The molecule has 0 aromatic carbocycles. The first-order chi connectivity index (χ1) is 11.7. The number of nitrogens with one attached hydrogen (secondary N) is 1. The highest BCUT2D eigenvalue weighted by atomic mass is 16.5. The van der Waals surface area contributed by atoms with Crippen molar-refractivity contribution >= 4 is 5.91 Å². The summed E-state index contributed by atoms with van der Waals surface area (Å²) in [5.41, 5.74) is 0.274. The van der Waals surface area contributed by atoms with Gasteiger partial charge in [-0.1, -0.05) is 19.8 Å². The van der Waals surface area contributed by atoms with Crippen molar-refractivity contribution in [3.8, 4) is 0 Å². The largest absolute Gasteiger partial charge is 0.378 e. The molecule has 4 heteroatoms. The predicted molar refractivity (Wildman–Crippen MR) is 96.9 cm³/mol. The van der Waals surface area contributed by atoms with Gasteiger partial charge in [-0.3, -0.25) is 4.79 Å². The number of amides is 1. The van der Waals surface area contributed by atoms with Crippen LogP contribution in [0.5, 0.6) is 0 Å². The van der Waals surface area contributed by atoms with Gasteiger partial charge in [-0.25, -0.2) is 0 Å². The smallest absolute Gasteiger partial charge is 0.222 e. The van der Waals surface area contributed by atoms with Crippen molar-refractivity contribution in [3.63, 3.8) is 0 Å². The van der Waals surface area contributed by atoms with E-state index in [1.807, 2.05) is 0 Å². The van der Waals surface area contributed by atoms with Gasteiger partial charge in [-0.15, -0.1) is 0 Å². The van der Waals surface area contributed by atoms with Gasteiger partial charge in [0.2, 0.25) is 5.91 Å². The van der Waals surface area contributed by atoms with Crippen LogP contribution in [0.1, 0.15) is 71.6 Å². The fraction of sp³-hybridized carbons (Fsp3) is 0.950. The molecule has 3 aliphatic rings. The molecule has 1 N–H and O–H groups in total. The summed E-state index contributed by atoms with van der Waals surface area (Å²) >= 11 is 0. The number of hydrogen-bond acceptors (Lipinski definition) is 3. The zero-order valence-electron chi connectivity index (χ0n) is 15.7. The Bertz CT molecular complexity index is 414. The molecule has 0 aromatic rings. The first-order valence-electron chi connectivity index (χ1n) is 10.3. The van der Waals surface area contributed by atoms with E-state index in [-0.39, 0.29) is 5.41 Å². The molecule has 24 heavy (non-hydrogen) atoms. The second-order valence-electron chi connectivity index (χ2n) is 8.12. The molecule has 2 aliphatic carbocycles. The predicted octanol–water partition coefficient (Wildman–Crippen LogP) is 3.35. The highest BCUT2D eigenvalue weighted by Crippen LogP contribution is 2.56. The minimum absolute atomic E-state index is 0.274. The Kier molecular flexibility index (Phi) is 6.20. The molecule has 3 atom stereocenters. The zero-order chi connectivity index (χ0) is 17.0. The third-order valence-electron chi connectivity index (χ3n) is 6.73. The van der Waals surface area contributed by atoms with E-state index >= 15 is 0 Å². The number of carbonyl (C=O) groups excluding carboxylic acids is 1. The second kappa shape index (κ2) is 8.18. The molecule has 3 unspecified atom stereocenters. The molecule has 4 nitrogen and oxygen atoms in total. The average molecular weight is 337 g/mol. The molecule has 1 aliphatic heterocycles. The molecule has 138 valence electrons. The number of ether oxygens (including phenoxy) is 1. The van der Waals surface area contributed by atoms with Crippen molar-refractivity contribution in [2.75, 3.05) is 26.2 Å². The molecule has 0 bridgehead atoms. The number of nitrogens with zero attached hydrogens (tertiary/aromatic N) is 1. The minimum atomic E-state index is 0.274. The summed E-state index contributed by atoms with van der Waals surface area (Å²) in [6, 6.07) is 0.436.